The van der Waals surface area contributed by atoms with Crippen LogP contribution in [0.3, 0.4) is 0 Å². The number of rotatable bonds is 6. The molecule has 0 aliphatic heterocycles. The molecule has 0 amide bonds. The molecule has 2 aromatic carbocycles. The van der Waals surface area contributed by atoms with Gasteiger partial charge in [-0.3, -0.25) is 0 Å². The largest absolute Gasteiger partial charge is 0.519 e. The van der Waals surface area contributed by atoms with Crippen molar-refractivity contribution in [2.75, 3.05) is 0 Å². The predicted molar refractivity (Wildman–Crippen MR) is 116 cm³/mol. The molecule has 0 N–H and O–H groups in total. The van der Waals surface area contributed by atoms with Crippen LogP contribution in [-0.2, 0) is 0 Å². The molecule has 0 bridgehead atoms. The molecule has 0 atom stereocenters. The lowest BCUT2D eigenvalue weighted by atomic mass is 9.95. The van der Waals surface area contributed by atoms with E-state index in [1.807, 2.05) is 24.3 Å². The number of hydrogen-bond acceptors (Lipinski definition) is 3. The van der Waals surface area contributed by atoms with Gasteiger partial charge in [0, 0.05) is 0 Å². The Morgan fingerprint density at radius 2 is 0.786 bits per heavy atom. The molecule has 0 aromatic heterocycles. The fourth-order valence-electron chi connectivity index (χ4n) is 2.96. The second kappa shape index (κ2) is 9.27. The van der Waals surface area contributed by atoms with Crippen LogP contribution in [0.25, 0.3) is 0 Å². The van der Waals surface area contributed by atoms with Gasteiger partial charge in [-0.05, 0) is 70.2 Å². The Hall–Kier alpha value is -2.29. The van der Waals surface area contributed by atoms with Gasteiger partial charge in [0.15, 0.2) is 0 Å². The Kier molecular flexibility index (Phi) is 7.29. The maximum absolute atomic E-state index is 12.5. The van der Waals surface area contributed by atoms with Gasteiger partial charge < -0.3 is 9.47 Å². The van der Waals surface area contributed by atoms with Gasteiger partial charge in [0.1, 0.15) is 11.5 Å². The normalized spacial score (nSPS) is 11.6. The molecule has 0 saturated carbocycles. The summed E-state index contributed by atoms with van der Waals surface area (Å²) in [5.41, 5.74) is 4.60. The first-order valence-electron chi connectivity index (χ1n) is 10.3. The molecule has 0 fully saturated rings. The lowest BCUT2D eigenvalue weighted by Gasteiger charge is -2.16. The fourth-order valence-corrected chi connectivity index (χ4v) is 2.96. The van der Waals surface area contributed by atoms with Crippen molar-refractivity contribution >= 4 is 6.16 Å². The standard InChI is InChI=1S/C25H34O3/c1-15(2)19-9-20(16(3)4)12-23(11-19)27-25(26)28-24-13-21(17(5)6)10-22(14-24)18(7)8/h9-18H,1-8H3. The van der Waals surface area contributed by atoms with Crippen molar-refractivity contribution in [3.8, 4) is 11.5 Å². The molecule has 0 heterocycles. The van der Waals surface area contributed by atoms with Gasteiger partial charge in [-0.2, -0.15) is 0 Å². The Morgan fingerprint density at radius 1 is 0.536 bits per heavy atom. The van der Waals surface area contributed by atoms with Crippen molar-refractivity contribution in [2.24, 2.45) is 0 Å². The van der Waals surface area contributed by atoms with E-state index in [0.717, 1.165) is 22.3 Å². The van der Waals surface area contributed by atoms with Crippen molar-refractivity contribution in [1.82, 2.24) is 0 Å². The quantitative estimate of drug-likeness (QED) is 0.378. The summed E-state index contributed by atoms with van der Waals surface area (Å²) in [7, 11) is 0. The molecule has 0 radical (unpaired) electrons. The second-order valence-electron chi connectivity index (χ2n) is 8.74. The lowest BCUT2D eigenvalue weighted by molar-refractivity contribution is 0.151. The molecule has 28 heavy (non-hydrogen) atoms. The second-order valence-corrected chi connectivity index (χ2v) is 8.74. The highest BCUT2D eigenvalue weighted by atomic mass is 16.7. The van der Waals surface area contributed by atoms with Crippen LogP contribution in [0.4, 0.5) is 4.79 Å². The maximum Gasteiger partial charge on any atom is 0.519 e. The molecular formula is C25H34O3. The van der Waals surface area contributed by atoms with Crippen molar-refractivity contribution in [3.63, 3.8) is 0 Å². The number of carbonyl (C=O) groups is 1. The summed E-state index contributed by atoms with van der Waals surface area (Å²) in [6, 6.07) is 12.0. The molecule has 0 spiro atoms. The molecule has 0 aliphatic carbocycles. The van der Waals surface area contributed by atoms with E-state index in [1.165, 1.54) is 0 Å². The van der Waals surface area contributed by atoms with E-state index < -0.39 is 6.16 Å². The van der Waals surface area contributed by atoms with Gasteiger partial charge in [0.25, 0.3) is 0 Å². The van der Waals surface area contributed by atoms with Gasteiger partial charge in [0.05, 0.1) is 0 Å². The molecule has 2 aromatic rings. The SMILES string of the molecule is CC(C)c1cc(OC(=O)Oc2cc(C(C)C)cc(C(C)C)c2)cc(C(C)C)c1. The van der Waals surface area contributed by atoms with Crippen LogP contribution >= 0.6 is 0 Å². The smallest absolute Gasteiger partial charge is 0.395 e. The molecule has 2 rings (SSSR count). The van der Waals surface area contributed by atoms with Gasteiger partial charge in [-0.25, -0.2) is 4.79 Å². The topological polar surface area (TPSA) is 35.5 Å². The van der Waals surface area contributed by atoms with Crippen molar-refractivity contribution in [2.45, 2.75) is 79.1 Å². The van der Waals surface area contributed by atoms with Crippen LogP contribution < -0.4 is 9.47 Å². The Balaban J connectivity index is 2.25. The zero-order valence-electron chi connectivity index (χ0n) is 18.5. The van der Waals surface area contributed by atoms with Gasteiger partial charge >= 0.3 is 6.16 Å². The first-order chi connectivity index (χ1) is 13.1. The monoisotopic (exact) mass is 382 g/mol. The van der Waals surface area contributed by atoms with Crippen LogP contribution in [0.15, 0.2) is 36.4 Å². The Labute approximate surface area is 170 Å². The first-order valence-corrected chi connectivity index (χ1v) is 10.3. The van der Waals surface area contributed by atoms with Crippen molar-refractivity contribution in [3.05, 3.63) is 58.7 Å². The lowest BCUT2D eigenvalue weighted by Crippen LogP contribution is -2.14. The van der Waals surface area contributed by atoms with E-state index in [-0.39, 0.29) is 0 Å². The van der Waals surface area contributed by atoms with E-state index in [9.17, 15) is 4.79 Å². The van der Waals surface area contributed by atoms with Gasteiger partial charge in [-0.15, -0.1) is 0 Å². The maximum atomic E-state index is 12.5. The molecule has 0 aliphatic rings. The molecule has 3 heteroatoms. The average molecular weight is 383 g/mol. The van der Waals surface area contributed by atoms with Crippen LogP contribution in [0.1, 0.15) is 101 Å². The molecule has 0 unspecified atom stereocenters. The van der Waals surface area contributed by atoms with E-state index in [0.29, 0.717) is 35.2 Å². The zero-order chi connectivity index (χ0) is 21.0. The van der Waals surface area contributed by atoms with Crippen molar-refractivity contribution in [1.29, 1.82) is 0 Å². The summed E-state index contributed by atoms with van der Waals surface area (Å²) in [5, 5.41) is 0. The third kappa shape index (κ3) is 5.85. The summed E-state index contributed by atoms with van der Waals surface area (Å²) in [6.07, 6.45) is -0.703. The molecule has 152 valence electrons. The zero-order valence-corrected chi connectivity index (χ0v) is 18.5. The Bertz CT molecular complexity index is 697. The first kappa shape index (κ1) is 22.0. The van der Waals surface area contributed by atoms with Crippen LogP contribution in [0, 0.1) is 0 Å². The van der Waals surface area contributed by atoms with E-state index in [2.05, 4.69) is 67.5 Å². The fraction of sp³-hybridized carbons (Fsp3) is 0.480. The molecule has 0 saturated heterocycles. The summed E-state index contributed by atoms with van der Waals surface area (Å²) in [6.45, 7) is 17.1. The van der Waals surface area contributed by atoms with Crippen LogP contribution in [0.5, 0.6) is 11.5 Å². The van der Waals surface area contributed by atoms with Crippen LogP contribution in [0.2, 0.25) is 0 Å². The minimum atomic E-state index is -0.703. The van der Waals surface area contributed by atoms with E-state index in [4.69, 9.17) is 9.47 Å². The number of benzene rings is 2. The Morgan fingerprint density at radius 3 is 1.00 bits per heavy atom. The number of carbonyl (C=O) groups excluding carboxylic acids is 1. The van der Waals surface area contributed by atoms with Crippen molar-refractivity contribution < 1.29 is 14.3 Å². The number of hydrogen-bond donors (Lipinski definition) is 0. The summed E-state index contributed by atoms with van der Waals surface area (Å²) in [4.78, 5) is 12.5. The van der Waals surface area contributed by atoms with E-state index in [1.54, 1.807) is 0 Å². The highest BCUT2D eigenvalue weighted by Gasteiger charge is 2.15. The van der Waals surface area contributed by atoms with Gasteiger partial charge in [0.2, 0.25) is 0 Å². The van der Waals surface area contributed by atoms with E-state index >= 15 is 0 Å². The molecular weight excluding hydrogens is 348 g/mol. The summed E-state index contributed by atoms with van der Waals surface area (Å²) < 4.78 is 11.1. The highest BCUT2D eigenvalue weighted by Crippen LogP contribution is 2.29. The summed E-state index contributed by atoms with van der Waals surface area (Å²) >= 11 is 0. The average Bonchev–Trinajstić information content (AvgIpc) is 2.60. The third-order valence-electron chi connectivity index (χ3n) is 4.97. The summed E-state index contributed by atoms with van der Waals surface area (Å²) in [5.74, 6) is 2.48. The minimum Gasteiger partial charge on any atom is -0.395 e. The molecule has 3 nitrogen and oxygen atoms in total. The third-order valence-corrected chi connectivity index (χ3v) is 4.97. The highest BCUT2D eigenvalue weighted by molar-refractivity contribution is 5.67. The van der Waals surface area contributed by atoms with Crippen LogP contribution in [-0.4, -0.2) is 6.16 Å². The minimum absolute atomic E-state index is 0.355. The number of ether oxygens (including phenoxy) is 2. The van der Waals surface area contributed by atoms with Gasteiger partial charge in [-0.1, -0.05) is 67.5 Å². The predicted octanol–water partition coefficient (Wildman–Crippen LogP) is 7.76.